The van der Waals surface area contributed by atoms with Gasteiger partial charge in [0, 0.05) is 24.8 Å². The molecular weight excluding hydrogens is 436 g/mol. The SMILES string of the molecule is CC1CCN(C(N)=NCc2cccnc2OCC(F)(F)F)CC1.I. The van der Waals surface area contributed by atoms with Crippen LogP contribution in [0, 0.1) is 5.92 Å². The van der Waals surface area contributed by atoms with Gasteiger partial charge in [0.15, 0.2) is 12.6 Å². The van der Waals surface area contributed by atoms with Gasteiger partial charge in [0.05, 0.1) is 6.54 Å². The zero-order chi connectivity index (χ0) is 16.9. The summed E-state index contributed by atoms with van der Waals surface area (Å²) >= 11 is 0. The zero-order valence-corrected chi connectivity index (χ0v) is 15.8. The first-order valence-electron chi connectivity index (χ1n) is 7.53. The van der Waals surface area contributed by atoms with Crippen LogP contribution in [0.1, 0.15) is 25.3 Å². The van der Waals surface area contributed by atoms with Gasteiger partial charge in [-0.25, -0.2) is 9.98 Å². The number of halogens is 4. The Labute approximate surface area is 156 Å². The lowest BCUT2D eigenvalue weighted by Gasteiger charge is -2.31. The molecule has 0 unspecified atom stereocenters. The average molecular weight is 458 g/mol. The van der Waals surface area contributed by atoms with Crippen LogP contribution in [0.5, 0.6) is 5.88 Å². The van der Waals surface area contributed by atoms with E-state index in [1.807, 2.05) is 4.90 Å². The highest BCUT2D eigenvalue weighted by atomic mass is 127. The number of aromatic nitrogens is 1. The second-order valence-electron chi connectivity index (χ2n) is 5.72. The smallest absolute Gasteiger partial charge is 0.422 e. The fourth-order valence-corrected chi connectivity index (χ4v) is 2.33. The van der Waals surface area contributed by atoms with Crippen LogP contribution in [0.4, 0.5) is 13.2 Å². The Bertz CT molecular complexity index is 546. The van der Waals surface area contributed by atoms with Crippen LogP contribution in [0.25, 0.3) is 0 Å². The molecule has 5 nitrogen and oxygen atoms in total. The minimum Gasteiger partial charge on any atom is -0.468 e. The molecule has 0 amide bonds. The van der Waals surface area contributed by atoms with Gasteiger partial charge in [-0.15, -0.1) is 24.0 Å². The van der Waals surface area contributed by atoms with Crippen molar-refractivity contribution >= 4 is 29.9 Å². The molecule has 0 aliphatic carbocycles. The number of guanidine groups is 1. The zero-order valence-electron chi connectivity index (χ0n) is 13.4. The fraction of sp³-hybridized carbons (Fsp3) is 0.600. The topological polar surface area (TPSA) is 63.7 Å². The fourth-order valence-electron chi connectivity index (χ4n) is 2.33. The van der Waals surface area contributed by atoms with Crippen LogP contribution in [0.2, 0.25) is 0 Å². The second kappa shape index (κ2) is 9.28. The Morgan fingerprint density at radius 1 is 1.42 bits per heavy atom. The normalized spacial score (nSPS) is 16.7. The van der Waals surface area contributed by atoms with Gasteiger partial charge in [0.2, 0.25) is 5.88 Å². The van der Waals surface area contributed by atoms with Crippen molar-refractivity contribution in [1.29, 1.82) is 0 Å². The molecule has 0 spiro atoms. The van der Waals surface area contributed by atoms with Crippen LogP contribution in [-0.2, 0) is 6.54 Å². The molecule has 0 bridgehead atoms. The maximum atomic E-state index is 12.3. The summed E-state index contributed by atoms with van der Waals surface area (Å²) < 4.78 is 41.5. The predicted octanol–water partition coefficient (Wildman–Crippen LogP) is 3.19. The van der Waals surface area contributed by atoms with Gasteiger partial charge >= 0.3 is 6.18 Å². The van der Waals surface area contributed by atoms with Crippen molar-refractivity contribution in [2.24, 2.45) is 16.6 Å². The number of alkyl halides is 3. The molecule has 2 rings (SSSR count). The van der Waals surface area contributed by atoms with Crippen molar-refractivity contribution in [3.05, 3.63) is 23.9 Å². The van der Waals surface area contributed by atoms with E-state index in [4.69, 9.17) is 10.5 Å². The lowest BCUT2D eigenvalue weighted by atomic mass is 10.00. The number of pyridine rings is 1. The quantitative estimate of drug-likeness (QED) is 0.428. The molecule has 1 aliphatic rings. The molecule has 0 saturated carbocycles. The summed E-state index contributed by atoms with van der Waals surface area (Å²) in [6.45, 7) is 2.66. The first kappa shape index (κ1) is 20.8. The highest BCUT2D eigenvalue weighted by Gasteiger charge is 2.29. The van der Waals surface area contributed by atoms with Crippen molar-refractivity contribution in [2.45, 2.75) is 32.5 Å². The monoisotopic (exact) mass is 458 g/mol. The van der Waals surface area contributed by atoms with Gasteiger partial charge in [0.25, 0.3) is 0 Å². The molecule has 2 heterocycles. The first-order chi connectivity index (χ1) is 10.8. The summed E-state index contributed by atoms with van der Waals surface area (Å²) in [7, 11) is 0. The number of likely N-dealkylation sites (tertiary alicyclic amines) is 1. The van der Waals surface area contributed by atoms with Gasteiger partial charge in [-0.2, -0.15) is 13.2 Å². The summed E-state index contributed by atoms with van der Waals surface area (Å²) in [5, 5.41) is 0. The molecule has 1 fully saturated rings. The third-order valence-electron chi connectivity index (χ3n) is 3.74. The summed E-state index contributed by atoms with van der Waals surface area (Å²) in [6.07, 6.45) is -0.901. The second-order valence-corrected chi connectivity index (χ2v) is 5.72. The van der Waals surface area contributed by atoms with E-state index in [-0.39, 0.29) is 36.4 Å². The van der Waals surface area contributed by atoms with Gasteiger partial charge in [-0.3, -0.25) is 0 Å². The van der Waals surface area contributed by atoms with Crippen LogP contribution < -0.4 is 10.5 Å². The van der Waals surface area contributed by atoms with E-state index in [0.29, 0.717) is 17.4 Å². The van der Waals surface area contributed by atoms with Gasteiger partial charge in [0.1, 0.15) is 0 Å². The number of nitrogens with zero attached hydrogens (tertiary/aromatic N) is 3. The molecule has 1 aromatic heterocycles. The highest BCUT2D eigenvalue weighted by molar-refractivity contribution is 14.0. The summed E-state index contributed by atoms with van der Waals surface area (Å²) in [6, 6.07) is 3.26. The highest BCUT2D eigenvalue weighted by Crippen LogP contribution is 2.21. The molecule has 1 saturated heterocycles. The summed E-state index contributed by atoms with van der Waals surface area (Å²) in [5.41, 5.74) is 6.45. The van der Waals surface area contributed by atoms with E-state index in [1.54, 1.807) is 12.1 Å². The Kier molecular flexibility index (Phi) is 8.04. The van der Waals surface area contributed by atoms with E-state index in [9.17, 15) is 13.2 Å². The van der Waals surface area contributed by atoms with Gasteiger partial charge in [-0.05, 0) is 24.8 Å². The van der Waals surface area contributed by atoms with Crippen molar-refractivity contribution in [2.75, 3.05) is 19.7 Å². The molecule has 24 heavy (non-hydrogen) atoms. The predicted molar refractivity (Wildman–Crippen MR) is 96.5 cm³/mol. The molecule has 2 N–H and O–H groups in total. The molecule has 9 heteroatoms. The Morgan fingerprint density at radius 2 is 2.08 bits per heavy atom. The van der Waals surface area contributed by atoms with Crippen molar-refractivity contribution in [3.8, 4) is 5.88 Å². The summed E-state index contributed by atoms with van der Waals surface area (Å²) in [4.78, 5) is 10.1. The lowest BCUT2D eigenvalue weighted by molar-refractivity contribution is -0.154. The number of hydrogen-bond acceptors (Lipinski definition) is 3. The third-order valence-corrected chi connectivity index (χ3v) is 3.74. The number of hydrogen-bond donors (Lipinski definition) is 1. The molecule has 0 radical (unpaired) electrons. The molecule has 0 aromatic carbocycles. The summed E-state index contributed by atoms with van der Waals surface area (Å²) in [5.74, 6) is 1.02. The van der Waals surface area contributed by atoms with E-state index in [2.05, 4.69) is 16.9 Å². The number of nitrogens with two attached hydrogens (primary N) is 1. The number of ether oxygens (including phenoxy) is 1. The van der Waals surface area contributed by atoms with Crippen molar-refractivity contribution in [3.63, 3.8) is 0 Å². The molecular formula is C15H22F3IN4O. The first-order valence-corrected chi connectivity index (χ1v) is 7.53. The minimum absolute atomic E-state index is 0. The minimum atomic E-state index is -4.40. The maximum absolute atomic E-state index is 12.3. The van der Waals surface area contributed by atoms with Crippen LogP contribution in [0.3, 0.4) is 0 Å². The molecule has 0 atom stereocenters. The number of rotatable bonds is 4. The van der Waals surface area contributed by atoms with E-state index >= 15 is 0 Å². The van der Waals surface area contributed by atoms with Gasteiger partial charge in [-0.1, -0.05) is 13.0 Å². The Hall–Kier alpha value is -1.26. The van der Waals surface area contributed by atoms with Crippen molar-refractivity contribution < 1.29 is 17.9 Å². The van der Waals surface area contributed by atoms with E-state index < -0.39 is 12.8 Å². The Balaban J connectivity index is 0.00000288. The third kappa shape index (κ3) is 6.70. The largest absolute Gasteiger partial charge is 0.468 e. The van der Waals surface area contributed by atoms with Crippen molar-refractivity contribution in [1.82, 2.24) is 9.88 Å². The van der Waals surface area contributed by atoms with Crippen LogP contribution in [0.15, 0.2) is 23.3 Å². The van der Waals surface area contributed by atoms with Gasteiger partial charge < -0.3 is 15.4 Å². The lowest BCUT2D eigenvalue weighted by Crippen LogP contribution is -2.42. The van der Waals surface area contributed by atoms with E-state index in [0.717, 1.165) is 25.9 Å². The number of piperidine rings is 1. The average Bonchev–Trinajstić information content (AvgIpc) is 2.51. The maximum Gasteiger partial charge on any atom is 0.422 e. The van der Waals surface area contributed by atoms with Crippen LogP contribution >= 0.6 is 24.0 Å². The molecule has 136 valence electrons. The molecule has 1 aromatic rings. The standard InChI is InChI=1S/C15H21F3N4O.HI/c1-11-4-7-22(8-5-11)14(19)21-9-12-3-2-6-20-13(12)23-10-15(16,17)18;/h2-3,6,11H,4-5,7-10H2,1H3,(H2,19,21);1H. The van der Waals surface area contributed by atoms with E-state index in [1.165, 1.54) is 6.20 Å². The number of aliphatic imine (C=N–C) groups is 1. The molecule has 1 aliphatic heterocycles. The van der Waals surface area contributed by atoms with Crippen LogP contribution in [-0.4, -0.2) is 41.7 Å². The Morgan fingerprint density at radius 3 is 2.71 bits per heavy atom.